The van der Waals surface area contributed by atoms with E-state index in [0.29, 0.717) is 6.79 Å². The molecule has 0 N–H and O–H groups in total. The van der Waals surface area contributed by atoms with E-state index in [0.717, 1.165) is 5.76 Å². The molecule has 2 heteroatoms. The van der Waals surface area contributed by atoms with Gasteiger partial charge in [0.05, 0.1) is 5.76 Å². The van der Waals surface area contributed by atoms with Gasteiger partial charge in [0.25, 0.3) is 0 Å². The Morgan fingerprint density at radius 2 is 2.33 bits per heavy atom. The standard InChI is InChI=1S/C7H12O2/c1-4-5-7(2)9-6-8-3/h4-5H,1,6H2,2-3H3/b7-5+. The van der Waals surface area contributed by atoms with Gasteiger partial charge in [-0.3, -0.25) is 0 Å². The van der Waals surface area contributed by atoms with E-state index in [1.54, 1.807) is 19.3 Å². The number of rotatable bonds is 4. The molecule has 0 aromatic carbocycles. The minimum atomic E-state index is 0.302. The largest absolute Gasteiger partial charge is 0.472 e. The van der Waals surface area contributed by atoms with E-state index in [1.165, 1.54) is 0 Å². The molecule has 0 spiro atoms. The maximum Gasteiger partial charge on any atom is 0.188 e. The van der Waals surface area contributed by atoms with Crippen molar-refractivity contribution in [2.45, 2.75) is 6.92 Å². The van der Waals surface area contributed by atoms with E-state index < -0.39 is 0 Å². The van der Waals surface area contributed by atoms with E-state index in [4.69, 9.17) is 4.74 Å². The molecule has 0 heterocycles. The molecule has 0 radical (unpaired) electrons. The Hall–Kier alpha value is -0.760. The SMILES string of the molecule is C=C/C=C(\C)OCOC. The van der Waals surface area contributed by atoms with Crippen molar-refractivity contribution in [1.29, 1.82) is 0 Å². The second-order valence-electron chi connectivity index (χ2n) is 1.56. The van der Waals surface area contributed by atoms with E-state index >= 15 is 0 Å². The van der Waals surface area contributed by atoms with Crippen molar-refractivity contribution >= 4 is 0 Å². The summed E-state index contributed by atoms with van der Waals surface area (Å²) in [7, 11) is 1.58. The summed E-state index contributed by atoms with van der Waals surface area (Å²) in [6.45, 7) is 5.66. The molecule has 0 aromatic rings. The third kappa shape index (κ3) is 5.11. The third-order valence-electron chi connectivity index (χ3n) is 0.757. The van der Waals surface area contributed by atoms with Gasteiger partial charge >= 0.3 is 0 Å². The van der Waals surface area contributed by atoms with Gasteiger partial charge in [0.2, 0.25) is 0 Å². The molecule has 0 aliphatic carbocycles. The predicted octanol–water partition coefficient (Wildman–Crippen LogP) is 1.70. The van der Waals surface area contributed by atoms with Gasteiger partial charge in [-0.1, -0.05) is 12.7 Å². The van der Waals surface area contributed by atoms with Gasteiger partial charge < -0.3 is 9.47 Å². The molecular formula is C7H12O2. The highest BCUT2D eigenvalue weighted by atomic mass is 16.7. The van der Waals surface area contributed by atoms with Crippen LogP contribution in [0.15, 0.2) is 24.5 Å². The average molecular weight is 128 g/mol. The zero-order chi connectivity index (χ0) is 7.11. The quantitative estimate of drug-likeness (QED) is 0.326. The van der Waals surface area contributed by atoms with Crippen molar-refractivity contribution in [3.63, 3.8) is 0 Å². The maximum atomic E-state index is 5.00. The normalized spacial score (nSPS) is 11.1. The molecule has 0 saturated heterocycles. The first-order valence-electron chi connectivity index (χ1n) is 2.72. The van der Waals surface area contributed by atoms with Crippen LogP contribution in [0.2, 0.25) is 0 Å². The summed E-state index contributed by atoms with van der Waals surface area (Å²) in [5, 5.41) is 0. The second kappa shape index (κ2) is 5.38. The summed E-state index contributed by atoms with van der Waals surface area (Å²) >= 11 is 0. The minimum Gasteiger partial charge on any atom is -0.472 e. The van der Waals surface area contributed by atoms with Crippen LogP contribution in [0.3, 0.4) is 0 Å². The van der Waals surface area contributed by atoms with Gasteiger partial charge in [0.1, 0.15) is 0 Å². The Kier molecular flexibility index (Phi) is 4.92. The van der Waals surface area contributed by atoms with Gasteiger partial charge in [0, 0.05) is 7.11 Å². The fourth-order valence-electron chi connectivity index (χ4n) is 0.366. The lowest BCUT2D eigenvalue weighted by Crippen LogP contribution is -1.92. The summed E-state index contributed by atoms with van der Waals surface area (Å²) < 4.78 is 9.66. The average Bonchev–Trinajstić information content (AvgIpc) is 1.85. The Morgan fingerprint density at radius 1 is 1.67 bits per heavy atom. The highest BCUT2D eigenvalue weighted by Gasteiger charge is 1.82. The van der Waals surface area contributed by atoms with Gasteiger partial charge in [-0.05, 0) is 13.0 Å². The van der Waals surface area contributed by atoms with Crippen LogP contribution in [0.25, 0.3) is 0 Å². The Bertz CT molecular complexity index is 105. The van der Waals surface area contributed by atoms with Gasteiger partial charge in [0.15, 0.2) is 6.79 Å². The molecule has 2 nitrogen and oxygen atoms in total. The fourth-order valence-corrected chi connectivity index (χ4v) is 0.366. The molecule has 0 rings (SSSR count). The summed E-state index contributed by atoms with van der Waals surface area (Å²) in [5.41, 5.74) is 0. The lowest BCUT2D eigenvalue weighted by molar-refractivity contribution is 0.00626. The van der Waals surface area contributed by atoms with Gasteiger partial charge in [-0.25, -0.2) is 0 Å². The summed E-state index contributed by atoms with van der Waals surface area (Å²) in [6.07, 6.45) is 3.45. The first kappa shape index (κ1) is 8.24. The molecular weight excluding hydrogens is 116 g/mol. The van der Waals surface area contributed by atoms with Crippen LogP contribution < -0.4 is 0 Å². The van der Waals surface area contributed by atoms with Crippen LogP contribution in [0, 0.1) is 0 Å². The monoisotopic (exact) mass is 128 g/mol. The molecule has 0 bridgehead atoms. The first-order valence-corrected chi connectivity index (χ1v) is 2.72. The zero-order valence-electron chi connectivity index (χ0n) is 5.89. The zero-order valence-corrected chi connectivity index (χ0v) is 5.89. The smallest absolute Gasteiger partial charge is 0.188 e. The Balaban J connectivity index is 3.36. The number of methoxy groups -OCH3 is 1. The molecule has 0 aliphatic heterocycles. The highest BCUT2D eigenvalue weighted by Crippen LogP contribution is 1.93. The summed E-state index contributed by atoms with van der Waals surface area (Å²) in [5.74, 6) is 0.812. The maximum absolute atomic E-state index is 5.00. The van der Waals surface area contributed by atoms with Crippen LogP contribution >= 0.6 is 0 Å². The fraction of sp³-hybridized carbons (Fsp3) is 0.429. The lowest BCUT2D eigenvalue weighted by atomic mass is 10.5. The minimum absolute atomic E-state index is 0.302. The van der Waals surface area contributed by atoms with Gasteiger partial charge in [-0.2, -0.15) is 0 Å². The molecule has 9 heavy (non-hydrogen) atoms. The van der Waals surface area contributed by atoms with Crippen LogP contribution in [0.1, 0.15) is 6.92 Å². The molecule has 0 unspecified atom stereocenters. The molecule has 0 atom stereocenters. The number of hydrogen-bond donors (Lipinski definition) is 0. The molecule has 0 fully saturated rings. The van der Waals surface area contributed by atoms with Gasteiger partial charge in [-0.15, -0.1) is 0 Å². The molecule has 52 valence electrons. The van der Waals surface area contributed by atoms with Crippen LogP contribution in [-0.4, -0.2) is 13.9 Å². The van der Waals surface area contributed by atoms with Crippen molar-refractivity contribution in [3.05, 3.63) is 24.5 Å². The molecule has 0 aromatic heterocycles. The third-order valence-corrected chi connectivity index (χ3v) is 0.757. The van der Waals surface area contributed by atoms with Crippen molar-refractivity contribution in [1.82, 2.24) is 0 Å². The number of ether oxygens (including phenoxy) is 2. The predicted molar refractivity (Wildman–Crippen MR) is 36.9 cm³/mol. The van der Waals surface area contributed by atoms with Crippen LogP contribution in [0.4, 0.5) is 0 Å². The topological polar surface area (TPSA) is 18.5 Å². The molecule has 0 aliphatic rings. The van der Waals surface area contributed by atoms with Crippen molar-refractivity contribution < 1.29 is 9.47 Å². The Morgan fingerprint density at radius 3 is 2.78 bits per heavy atom. The number of hydrogen-bond acceptors (Lipinski definition) is 2. The van der Waals surface area contributed by atoms with Crippen LogP contribution in [0.5, 0.6) is 0 Å². The van der Waals surface area contributed by atoms with Crippen molar-refractivity contribution in [2.75, 3.05) is 13.9 Å². The van der Waals surface area contributed by atoms with E-state index in [9.17, 15) is 0 Å². The lowest BCUT2D eigenvalue weighted by Gasteiger charge is -2.01. The second-order valence-corrected chi connectivity index (χ2v) is 1.56. The highest BCUT2D eigenvalue weighted by molar-refractivity contribution is 5.01. The Labute approximate surface area is 55.8 Å². The van der Waals surface area contributed by atoms with Crippen molar-refractivity contribution in [2.24, 2.45) is 0 Å². The van der Waals surface area contributed by atoms with E-state index in [2.05, 4.69) is 11.3 Å². The van der Waals surface area contributed by atoms with E-state index in [-0.39, 0.29) is 0 Å². The molecule has 0 saturated carbocycles. The summed E-state index contributed by atoms with van der Waals surface area (Å²) in [6, 6.07) is 0. The molecule has 0 amide bonds. The van der Waals surface area contributed by atoms with Crippen molar-refractivity contribution in [3.8, 4) is 0 Å². The van der Waals surface area contributed by atoms with E-state index in [1.807, 2.05) is 6.92 Å². The summed E-state index contributed by atoms with van der Waals surface area (Å²) in [4.78, 5) is 0. The number of allylic oxidation sites excluding steroid dienone is 3. The van der Waals surface area contributed by atoms with Crippen LogP contribution in [-0.2, 0) is 9.47 Å². The first-order chi connectivity index (χ1) is 4.31.